The Kier molecular flexibility index (Phi) is 6.03. The van der Waals surface area contributed by atoms with Crippen molar-refractivity contribution >= 4 is 11.9 Å². The van der Waals surface area contributed by atoms with E-state index in [9.17, 15) is 9.59 Å². The van der Waals surface area contributed by atoms with Gasteiger partial charge in [-0.15, -0.1) is 0 Å². The van der Waals surface area contributed by atoms with Crippen LogP contribution in [0.4, 0.5) is 0 Å². The normalized spacial score (nSPS) is 11.9. The molecule has 100 valence electrons. The summed E-state index contributed by atoms with van der Waals surface area (Å²) in [7, 11) is 1.29. The Morgan fingerprint density at radius 1 is 1.29 bits per heavy atom. The average Bonchev–Trinajstić information content (AvgIpc) is 2.14. The second-order valence-electron chi connectivity index (χ2n) is 4.39. The minimum absolute atomic E-state index is 0.198. The quantitative estimate of drug-likeness (QED) is 0.388. The van der Waals surface area contributed by atoms with Gasteiger partial charge in [-0.05, 0) is 20.8 Å². The Hall–Kier alpha value is -1.22. The summed E-state index contributed by atoms with van der Waals surface area (Å²) in [5.41, 5.74) is -0.670. The van der Waals surface area contributed by atoms with E-state index < -0.39 is 30.7 Å². The fourth-order valence-electron chi connectivity index (χ4n) is 0.698. The van der Waals surface area contributed by atoms with E-state index in [1.807, 2.05) is 0 Å². The Bertz CT molecular complexity index is 275. The third-order valence-corrected chi connectivity index (χ3v) is 1.63. The molecule has 0 aliphatic heterocycles. The first kappa shape index (κ1) is 15.8. The van der Waals surface area contributed by atoms with Gasteiger partial charge in [-0.2, -0.15) is 5.01 Å². The molecule has 0 saturated carbocycles. The minimum atomic E-state index is -1.14. The van der Waals surface area contributed by atoms with E-state index >= 15 is 0 Å². The van der Waals surface area contributed by atoms with Gasteiger partial charge in [0, 0.05) is 12.4 Å². The molecule has 17 heavy (non-hydrogen) atoms. The van der Waals surface area contributed by atoms with Crippen LogP contribution in [0.3, 0.4) is 0 Å². The Balaban J connectivity index is 3.89. The lowest BCUT2D eigenvalue weighted by molar-refractivity contribution is -0.449. The van der Waals surface area contributed by atoms with Crippen LogP contribution in [0, 0.1) is 5.41 Å². The van der Waals surface area contributed by atoms with Crippen molar-refractivity contribution in [2.75, 3.05) is 20.4 Å². The summed E-state index contributed by atoms with van der Waals surface area (Å²) in [5, 5.41) is 18.7. The van der Waals surface area contributed by atoms with Crippen LogP contribution in [0.25, 0.3) is 0 Å². The van der Waals surface area contributed by atoms with Crippen LogP contribution in [-0.2, 0) is 19.2 Å². The largest absolute Gasteiger partial charge is 0.480 e. The zero-order valence-corrected chi connectivity index (χ0v) is 10.3. The highest BCUT2D eigenvalue weighted by Gasteiger charge is 2.23. The van der Waals surface area contributed by atoms with Gasteiger partial charge in [0.2, 0.25) is 6.79 Å². The molecule has 0 heterocycles. The predicted octanol–water partition coefficient (Wildman–Crippen LogP) is 0.0874. The van der Waals surface area contributed by atoms with Crippen LogP contribution in [0.15, 0.2) is 0 Å². The molecular formula is C9H18N2O6. The maximum absolute atomic E-state index is 11.3. The second kappa shape index (κ2) is 6.50. The molecule has 0 aliphatic carbocycles. The molecule has 0 bridgehead atoms. The summed E-state index contributed by atoms with van der Waals surface area (Å²) in [6, 6.07) is 0. The molecule has 0 unspecified atom stereocenters. The van der Waals surface area contributed by atoms with Gasteiger partial charge in [0.15, 0.2) is 0 Å². The lowest BCUT2D eigenvalue weighted by Crippen LogP contribution is -2.41. The number of carbonyl (C=O) groups is 2. The molecule has 0 fully saturated rings. The van der Waals surface area contributed by atoms with Crippen LogP contribution >= 0.6 is 0 Å². The Morgan fingerprint density at radius 2 is 1.82 bits per heavy atom. The number of aliphatic carboxylic acids is 1. The van der Waals surface area contributed by atoms with Gasteiger partial charge in [-0.1, -0.05) is 0 Å². The second-order valence-corrected chi connectivity index (χ2v) is 4.39. The number of carboxylic acids is 1. The van der Waals surface area contributed by atoms with Crippen LogP contribution in [0.2, 0.25) is 0 Å². The number of carboxylic acid groups (broad SMARTS) is 1. The molecule has 0 atom stereocenters. The molecule has 0 saturated heterocycles. The van der Waals surface area contributed by atoms with E-state index in [0.717, 1.165) is 5.01 Å². The van der Waals surface area contributed by atoms with Crippen molar-refractivity contribution in [2.45, 2.75) is 20.8 Å². The van der Waals surface area contributed by atoms with E-state index in [0.29, 0.717) is 0 Å². The molecule has 2 N–H and O–H groups in total. The predicted molar refractivity (Wildman–Crippen MR) is 55.4 cm³/mol. The first-order chi connectivity index (χ1) is 7.64. The number of rotatable bonds is 6. The van der Waals surface area contributed by atoms with Crippen molar-refractivity contribution in [3.05, 3.63) is 0 Å². The number of nitrogens with zero attached hydrogens (tertiary/aromatic N) is 2. The van der Waals surface area contributed by atoms with Crippen LogP contribution in [-0.4, -0.2) is 53.0 Å². The summed E-state index contributed by atoms with van der Waals surface area (Å²) < 4.78 is 4.70. The molecule has 0 aromatic rings. The maximum Gasteiger partial charge on any atom is 0.319 e. The summed E-state index contributed by atoms with van der Waals surface area (Å²) >= 11 is 0. The molecule has 0 aromatic carbocycles. The lowest BCUT2D eigenvalue weighted by Gasteiger charge is -2.23. The van der Waals surface area contributed by atoms with Gasteiger partial charge in [-0.3, -0.25) is 14.8 Å². The van der Waals surface area contributed by atoms with E-state index in [1.54, 1.807) is 20.8 Å². The zero-order valence-electron chi connectivity index (χ0n) is 10.3. The molecule has 0 rings (SSSR count). The van der Waals surface area contributed by atoms with Gasteiger partial charge in [-0.25, -0.2) is 4.84 Å². The van der Waals surface area contributed by atoms with Gasteiger partial charge in [0.05, 0.1) is 5.41 Å². The summed E-state index contributed by atoms with van der Waals surface area (Å²) in [5.74, 6) is -1.63. The monoisotopic (exact) mass is 250 g/mol. The number of ether oxygens (including phenoxy) is 1. The maximum atomic E-state index is 11.3. The molecular weight excluding hydrogens is 232 g/mol. The van der Waals surface area contributed by atoms with Crippen molar-refractivity contribution in [1.29, 1.82) is 0 Å². The van der Waals surface area contributed by atoms with E-state index in [-0.39, 0.29) is 5.34 Å². The van der Waals surface area contributed by atoms with Gasteiger partial charge < -0.3 is 9.84 Å². The smallest absolute Gasteiger partial charge is 0.319 e. The van der Waals surface area contributed by atoms with Crippen molar-refractivity contribution in [3.8, 4) is 0 Å². The van der Waals surface area contributed by atoms with Crippen molar-refractivity contribution in [1.82, 2.24) is 10.3 Å². The fourth-order valence-corrected chi connectivity index (χ4v) is 0.698. The lowest BCUT2D eigenvalue weighted by atomic mass is 9.98. The third-order valence-electron chi connectivity index (χ3n) is 1.63. The van der Waals surface area contributed by atoms with Crippen LogP contribution in [0.5, 0.6) is 0 Å². The fraction of sp³-hybridized carbons (Fsp3) is 0.778. The van der Waals surface area contributed by atoms with E-state index in [1.165, 1.54) is 7.05 Å². The van der Waals surface area contributed by atoms with Crippen molar-refractivity contribution < 1.29 is 29.5 Å². The highest BCUT2D eigenvalue weighted by molar-refractivity contribution is 5.75. The molecule has 8 heteroatoms. The van der Waals surface area contributed by atoms with Gasteiger partial charge >= 0.3 is 11.9 Å². The van der Waals surface area contributed by atoms with E-state index in [2.05, 4.69) is 4.84 Å². The number of hydrazine groups is 1. The summed E-state index contributed by atoms with van der Waals surface area (Å²) in [6.07, 6.45) is 0. The Morgan fingerprint density at radius 3 is 2.24 bits per heavy atom. The number of esters is 1. The summed E-state index contributed by atoms with van der Waals surface area (Å²) in [4.78, 5) is 26.2. The van der Waals surface area contributed by atoms with Gasteiger partial charge in [0.1, 0.15) is 6.54 Å². The first-order valence-electron chi connectivity index (χ1n) is 4.86. The molecule has 0 spiro atoms. The molecule has 8 nitrogen and oxygen atoms in total. The standard InChI is InChI=1S/C9H18N2O6/c1-9(2,3)8(14)16-6-17-11(15)10(4)5-7(12)13/h15H,5-6H2,1-4H3,(H,12,13). The van der Waals surface area contributed by atoms with Crippen LogP contribution < -0.4 is 0 Å². The average molecular weight is 250 g/mol. The molecule has 0 amide bonds. The number of likely N-dealkylation sites (N-methyl/N-ethyl adjacent to an activating group) is 1. The molecule has 0 aromatic heterocycles. The zero-order chi connectivity index (χ0) is 13.6. The number of hydrogen-bond acceptors (Lipinski definition) is 7. The van der Waals surface area contributed by atoms with Crippen molar-refractivity contribution in [3.63, 3.8) is 0 Å². The number of hydrogen-bond donors (Lipinski definition) is 2. The highest BCUT2D eigenvalue weighted by atomic mass is 17.0. The summed E-state index contributed by atoms with van der Waals surface area (Å²) in [6.45, 7) is 4.05. The third kappa shape index (κ3) is 6.84. The van der Waals surface area contributed by atoms with E-state index in [4.69, 9.17) is 15.1 Å². The molecule has 0 radical (unpaired) electrons. The van der Waals surface area contributed by atoms with Gasteiger partial charge in [0.25, 0.3) is 0 Å². The Labute approximate surface area is 99.2 Å². The SMILES string of the molecule is CN(CC(=O)O)N(O)OCOC(=O)C(C)(C)C. The minimum Gasteiger partial charge on any atom is -0.480 e. The van der Waals surface area contributed by atoms with Crippen molar-refractivity contribution in [2.24, 2.45) is 5.41 Å². The first-order valence-corrected chi connectivity index (χ1v) is 4.86. The van der Waals surface area contributed by atoms with Crippen LogP contribution in [0.1, 0.15) is 20.8 Å². The number of carbonyl (C=O) groups excluding carboxylic acids is 1. The molecule has 0 aliphatic rings. The topological polar surface area (TPSA) is 99.5 Å². The highest BCUT2D eigenvalue weighted by Crippen LogP contribution is 2.14.